The molecule has 0 aliphatic carbocycles. The lowest BCUT2D eigenvalue weighted by molar-refractivity contribution is -0.231. The molecule has 4 N–H and O–H groups in total. The molecule has 0 bridgehead atoms. The summed E-state index contributed by atoms with van der Waals surface area (Å²) < 4.78 is 10.6. The molecule has 2 aromatic carbocycles. The average molecular weight is 468 g/mol. The van der Waals surface area contributed by atoms with Gasteiger partial charge >= 0.3 is 0 Å². The van der Waals surface area contributed by atoms with Crippen LogP contribution in [0.15, 0.2) is 42.5 Å². The molecule has 182 valence electrons. The van der Waals surface area contributed by atoms with Crippen molar-refractivity contribution in [3.05, 3.63) is 70.3 Å². The van der Waals surface area contributed by atoms with Crippen molar-refractivity contribution in [2.45, 2.75) is 57.2 Å². The van der Waals surface area contributed by atoms with Crippen molar-refractivity contribution in [2.24, 2.45) is 0 Å². The van der Waals surface area contributed by atoms with Crippen molar-refractivity contribution in [2.75, 3.05) is 19.8 Å². The van der Waals surface area contributed by atoms with Crippen LogP contribution < -0.4 is 0 Å². The van der Waals surface area contributed by atoms with Crippen LogP contribution in [0.1, 0.15) is 54.2 Å². The Bertz CT molecular complexity index is 980. The molecule has 2 heterocycles. The van der Waals surface area contributed by atoms with E-state index in [4.69, 9.17) is 15.9 Å². The van der Waals surface area contributed by atoms with E-state index in [0.717, 1.165) is 29.9 Å². The van der Waals surface area contributed by atoms with Crippen molar-refractivity contribution in [3.8, 4) is 18.4 Å². The smallest absolute Gasteiger partial charge is 0.113 e. The van der Waals surface area contributed by atoms with Gasteiger partial charge < -0.3 is 29.9 Å². The molecule has 7 heteroatoms. The first-order valence-corrected chi connectivity index (χ1v) is 10.9. The number of terminal acetylenes is 1. The predicted octanol–water partition coefficient (Wildman–Crippen LogP) is 2.08. The van der Waals surface area contributed by atoms with E-state index in [1.165, 1.54) is 12.8 Å². The van der Waals surface area contributed by atoms with Gasteiger partial charge in [-0.2, -0.15) is 5.26 Å². The molecule has 2 saturated heterocycles. The lowest BCUT2D eigenvalue weighted by Crippen LogP contribution is -2.55. The van der Waals surface area contributed by atoms with Gasteiger partial charge in [0.25, 0.3) is 0 Å². The molecule has 4 rings (SSSR count). The largest absolute Gasteiger partial charge is 0.394 e. The maximum atomic E-state index is 10.3. The van der Waals surface area contributed by atoms with E-state index >= 15 is 0 Å². The quantitative estimate of drug-likeness (QED) is 0.508. The molecule has 2 fully saturated rings. The van der Waals surface area contributed by atoms with Crippen LogP contribution in [0.5, 0.6) is 0 Å². The Hall–Kier alpha value is -2.75. The molecule has 2 aliphatic heterocycles. The standard InChI is InChI=1S/C22H21NO5.C4H8O.CH4/c1-2-13-3-5-14(6-4-13)9-17-10-15(7-8-16(17)11-23)22-21(27)20(26)19(25)18(12-24)28-22;1-2-4-5-3-1;/h1,3-8,10,18-22,24-27H,9,12H2;1-4H2;1H4/t18-,19-,20+,21-,22+;;/m1../s1. The molecule has 34 heavy (non-hydrogen) atoms. The molecule has 2 aromatic rings. The fraction of sp³-hybridized carbons (Fsp3) is 0.444. The summed E-state index contributed by atoms with van der Waals surface area (Å²) in [4.78, 5) is 0. The summed E-state index contributed by atoms with van der Waals surface area (Å²) in [5.41, 5.74) is 3.48. The number of aliphatic hydroxyl groups is 4. The zero-order valence-electron chi connectivity index (χ0n) is 18.3. The highest BCUT2D eigenvalue weighted by atomic mass is 16.5. The van der Waals surface area contributed by atoms with Crippen molar-refractivity contribution < 1.29 is 29.9 Å². The lowest BCUT2D eigenvalue weighted by Gasteiger charge is -2.40. The van der Waals surface area contributed by atoms with E-state index in [9.17, 15) is 25.7 Å². The first-order valence-electron chi connectivity index (χ1n) is 10.9. The van der Waals surface area contributed by atoms with Crippen LogP contribution in [0.3, 0.4) is 0 Å². The lowest BCUT2D eigenvalue weighted by atomic mass is 9.89. The minimum absolute atomic E-state index is 0. The van der Waals surface area contributed by atoms with Gasteiger partial charge in [0.05, 0.1) is 18.2 Å². The van der Waals surface area contributed by atoms with E-state index in [1.807, 2.05) is 24.3 Å². The van der Waals surface area contributed by atoms with E-state index < -0.39 is 37.1 Å². The van der Waals surface area contributed by atoms with Gasteiger partial charge in [0.15, 0.2) is 0 Å². The number of nitriles is 1. The Morgan fingerprint density at radius 3 is 2.18 bits per heavy atom. The molecule has 0 radical (unpaired) electrons. The summed E-state index contributed by atoms with van der Waals surface area (Å²) in [6.45, 7) is 1.51. The maximum absolute atomic E-state index is 10.3. The normalized spacial score (nSPS) is 25.8. The zero-order valence-corrected chi connectivity index (χ0v) is 18.3. The molecule has 2 aliphatic rings. The van der Waals surface area contributed by atoms with Crippen LogP contribution in [0.25, 0.3) is 0 Å². The first kappa shape index (κ1) is 27.5. The molecule has 0 unspecified atom stereocenters. The molecule has 7 nitrogen and oxygen atoms in total. The van der Waals surface area contributed by atoms with Gasteiger partial charge in [0.1, 0.15) is 30.5 Å². The molecule has 0 saturated carbocycles. The summed E-state index contributed by atoms with van der Waals surface area (Å²) in [5, 5.41) is 49.1. The fourth-order valence-electron chi connectivity index (χ4n) is 3.87. The monoisotopic (exact) mass is 467 g/mol. The van der Waals surface area contributed by atoms with Crippen molar-refractivity contribution in [3.63, 3.8) is 0 Å². The third-order valence-electron chi connectivity index (χ3n) is 5.81. The fourth-order valence-corrected chi connectivity index (χ4v) is 3.87. The third kappa shape index (κ3) is 6.65. The van der Waals surface area contributed by atoms with Crippen LogP contribution in [0.2, 0.25) is 0 Å². The number of nitrogens with zero attached hydrogens (tertiary/aromatic N) is 1. The number of rotatable bonds is 4. The Balaban J connectivity index is 0.000000603. The number of hydrogen-bond acceptors (Lipinski definition) is 7. The van der Waals surface area contributed by atoms with Gasteiger partial charge in [-0.1, -0.05) is 37.6 Å². The zero-order chi connectivity index (χ0) is 23.8. The van der Waals surface area contributed by atoms with E-state index in [2.05, 4.69) is 12.0 Å². The first-order chi connectivity index (χ1) is 16.0. The maximum Gasteiger partial charge on any atom is 0.113 e. The molecule has 0 aromatic heterocycles. The second-order valence-electron chi connectivity index (χ2n) is 8.12. The molecule has 0 amide bonds. The average Bonchev–Trinajstić information content (AvgIpc) is 3.44. The molecular formula is C27H33NO6. The SMILES string of the molecule is C.C#Cc1ccc(Cc2cc([C@@H]3O[C@H](CO)[C@@H](O)[C@H](O)[C@H]3O)ccc2C#N)cc1.C1CCOC1. The van der Waals surface area contributed by atoms with E-state index in [0.29, 0.717) is 17.5 Å². The minimum Gasteiger partial charge on any atom is -0.394 e. The highest BCUT2D eigenvalue weighted by Crippen LogP contribution is 2.33. The van der Waals surface area contributed by atoms with Gasteiger partial charge in [-0.15, -0.1) is 6.42 Å². The summed E-state index contributed by atoms with van der Waals surface area (Å²) in [5.74, 6) is 2.55. The van der Waals surface area contributed by atoms with Crippen molar-refractivity contribution >= 4 is 0 Å². The van der Waals surface area contributed by atoms with Gasteiger partial charge in [-0.3, -0.25) is 0 Å². The van der Waals surface area contributed by atoms with E-state index in [1.54, 1.807) is 18.2 Å². The molecule has 0 spiro atoms. The van der Waals surface area contributed by atoms with Crippen LogP contribution in [-0.2, 0) is 15.9 Å². The Labute approximate surface area is 201 Å². The predicted molar refractivity (Wildman–Crippen MR) is 128 cm³/mol. The minimum atomic E-state index is -1.45. The van der Waals surface area contributed by atoms with Gasteiger partial charge in [-0.25, -0.2) is 0 Å². The molecule has 5 atom stereocenters. The van der Waals surface area contributed by atoms with Gasteiger partial charge in [0, 0.05) is 18.8 Å². The second-order valence-corrected chi connectivity index (χ2v) is 8.12. The van der Waals surface area contributed by atoms with Crippen molar-refractivity contribution in [1.82, 2.24) is 0 Å². The summed E-state index contributed by atoms with van der Waals surface area (Å²) in [6, 6.07) is 14.6. The number of hydrogen-bond donors (Lipinski definition) is 4. The van der Waals surface area contributed by atoms with Gasteiger partial charge in [-0.05, 0) is 54.2 Å². The van der Waals surface area contributed by atoms with Crippen LogP contribution >= 0.6 is 0 Å². The number of aliphatic hydroxyl groups excluding tert-OH is 4. The van der Waals surface area contributed by atoms with Crippen LogP contribution in [0.4, 0.5) is 0 Å². The number of benzene rings is 2. The Morgan fingerprint density at radius 1 is 0.971 bits per heavy atom. The van der Waals surface area contributed by atoms with Gasteiger partial charge in [0.2, 0.25) is 0 Å². The Kier molecular flexibility index (Phi) is 10.7. The van der Waals surface area contributed by atoms with Crippen LogP contribution in [0, 0.1) is 23.7 Å². The topological polar surface area (TPSA) is 123 Å². The van der Waals surface area contributed by atoms with Crippen LogP contribution in [-0.4, -0.2) is 64.7 Å². The highest BCUT2D eigenvalue weighted by Gasteiger charge is 2.44. The van der Waals surface area contributed by atoms with Crippen molar-refractivity contribution in [1.29, 1.82) is 5.26 Å². The highest BCUT2D eigenvalue weighted by molar-refractivity contribution is 5.45. The summed E-state index contributed by atoms with van der Waals surface area (Å²) >= 11 is 0. The molecular weight excluding hydrogens is 434 g/mol. The Morgan fingerprint density at radius 2 is 1.65 bits per heavy atom. The third-order valence-corrected chi connectivity index (χ3v) is 5.81. The second kappa shape index (κ2) is 13.2. The summed E-state index contributed by atoms with van der Waals surface area (Å²) in [7, 11) is 0. The summed E-state index contributed by atoms with van der Waals surface area (Å²) in [6.07, 6.45) is 2.24. The number of ether oxygens (including phenoxy) is 2. The van der Waals surface area contributed by atoms with E-state index in [-0.39, 0.29) is 7.43 Å².